The number of nitrogens with zero attached hydrogens (tertiary/aromatic N) is 5. The largest absolute Gasteiger partial charge is 0.342 e. The number of likely N-dealkylation sites (tertiary alicyclic amines) is 1. The van der Waals surface area contributed by atoms with Crippen molar-refractivity contribution in [1.82, 2.24) is 19.8 Å². The van der Waals surface area contributed by atoms with Crippen molar-refractivity contribution in [2.24, 2.45) is 0 Å². The lowest BCUT2D eigenvalue weighted by Crippen LogP contribution is -2.42. The summed E-state index contributed by atoms with van der Waals surface area (Å²) in [6.45, 7) is 1.99. The highest BCUT2D eigenvalue weighted by Gasteiger charge is 2.26. The minimum atomic E-state index is -0.273. The number of hydrogen-bond acceptors (Lipinski definition) is 5. The minimum Gasteiger partial charge on any atom is -0.342 e. The number of rotatable bonds is 6. The van der Waals surface area contributed by atoms with Crippen LogP contribution in [0.15, 0.2) is 30.5 Å². The number of allylic oxidation sites excluding steroid dienone is 2. The van der Waals surface area contributed by atoms with Gasteiger partial charge in [0.1, 0.15) is 11.8 Å². The summed E-state index contributed by atoms with van der Waals surface area (Å²) in [5.41, 5.74) is 4.75. The number of benzene rings is 1. The maximum atomic E-state index is 13.1. The molecule has 4 rings (SSSR count). The van der Waals surface area contributed by atoms with Crippen molar-refractivity contribution >= 4 is 23.1 Å². The smallest absolute Gasteiger partial charge is 0.293 e. The van der Waals surface area contributed by atoms with Crippen LogP contribution in [0, 0.1) is 11.3 Å². The summed E-state index contributed by atoms with van der Waals surface area (Å²) in [7, 11) is 5.60. The Kier molecular flexibility index (Phi) is 7.67. The molecule has 1 aliphatic carbocycles. The molecule has 184 valence electrons. The topological polar surface area (TPSA) is 96.3 Å². The van der Waals surface area contributed by atoms with E-state index < -0.39 is 0 Å². The van der Waals surface area contributed by atoms with Crippen LogP contribution in [0.1, 0.15) is 71.9 Å². The van der Waals surface area contributed by atoms with E-state index in [0.717, 1.165) is 56.4 Å². The molecule has 0 spiro atoms. The Morgan fingerprint density at radius 1 is 1.20 bits per heavy atom. The van der Waals surface area contributed by atoms with E-state index in [-0.39, 0.29) is 23.3 Å². The summed E-state index contributed by atoms with van der Waals surface area (Å²) < 4.78 is 0. The third-order valence-corrected chi connectivity index (χ3v) is 6.99. The van der Waals surface area contributed by atoms with Crippen LogP contribution in [0.2, 0.25) is 0 Å². The van der Waals surface area contributed by atoms with Gasteiger partial charge in [-0.3, -0.25) is 9.59 Å². The maximum Gasteiger partial charge on any atom is 0.293 e. The molecule has 1 N–H and O–H groups in total. The molecule has 0 atom stereocenters. The Balaban J connectivity index is 1.57. The van der Waals surface area contributed by atoms with Gasteiger partial charge in [0.15, 0.2) is 5.82 Å². The molecule has 8 nitrogen and oxygen atoms in total. The monoisotopic (exact) mass is 474 g/mol. The van der Waals surface area contributed by atoms with Crippen LogP contribution >= 0.6 is 0 Å². The molecule has 1 fully saturated rings. The lowest BCUT2D eigenvalue weighted by Gasteiger charge is -2.33. The van der Waals surface area contributed by atoms with E-state index in [0.29, 0.717) is 12.5 Å². The van der Waals surface area contributed by atoms with Gasteiger partial charge >= 0.3 is 0 Å². The normalized spacial score (nSPS) is 16.7. The van der Waals surface area contributed by atoms with Crippen LogP contribution in [0.25, 0.3) is 5.57 Å². The molecule has 0 bridgehead atoms. The third-order valence-electron chi connectivity index (χ3n) is 6.99. The summed E-state index contributed by atoms with van der Waals surface area (Å²) in [6.07, 6.45) is 9.93. The highest BCUT2D eigenvalue weighted by atomic mass is 16.2. The Hall–Kier alpha value is -3.44. The number of anilines is 1. The second kappa shape index (κ2) is 10.9. The van der Waals surface area contributed by atoms with Crippen LogP contribution in [0.4, 0.5) is 5.69 Å². The summed E-state index contributed by atoms with van der Waals surface area (Å²) in [5.74, 6) is 0.463. The fraction of sp³-hybridized carbons (Fsp3) is 0.481. The number of hydrogen-bond donors (Lipinski definition) is 1. The number of carbonyl (C=O) groups excluding carboxylic acids is 2. The first kappa shape index (κ1) is 24.7. The predicted molar refractivity (Wildman–Crippen MR) is 136 cm³/mol. The molecule has 1 aromatic carbocycles. The van der Waals surface area contributed by atoms with E-state index in [9.17, 15) is 9.59 Å². The molecule has 1 aliphatic heterocycles. The predicted octanol–water partition coefficient (Wildman–Crippen LogP) is 3.78. The Bertz CT molecular complexity index is 1150. The lowest BCUT2D eigenvalue weighted by molar-refractivity contribution is -0.132. The van der Waals surface area contributed by atoms with Crippen molar-refractivity contribution in [3.63, 3.8) is 0 Å². The molecule has 0 unspecified atom stereocenters. The number of carbonyl (C=O) groups is 2. The molecule has 0 saturated carbocycles. The zero-order valence-electron chi connectivity index (χ0n) is 20.9. The maximum absolute atomic E-state index is 13.1. The van der Waals surface area contributed by atoms with Crippen molar-refractivity contribution in [3.8, 4) is 6.07 Å². The molecular weight excluding hydrogens is 440 g/mol. The van der Waals surface area contributed by atoms with E-state index in [1.54, 1.807) is 11.9 Å². The number of H-pyrrole nitrogens is 1. The van der Waals surface area contributed by atoms with Gasteiger partial charge in [-0.2, -0.15) is 5.26 Å². The zero-order chi connectivity index (χ0) is 24.9. The van der Waals surface area contributed by atoms with Gasteiger partial charge in [-0.15, -0.1) is 0 Å². The Labute approximate surface area is 207 Å². The van der Waals surface area contributed by atoms with Gasteiger partial charge in [0.25, 0.3) is 5.91 Å². The Morgan fingerprint density at radius 3 is 2.60 bits per heavy atom. The van der Waals surface area contributed by atoms with Crippen LogP contribution < -0.4 is 4.90 Å². The van der Waals surface area contributed by atoms with E-state index in [1.807, 2.05) is 36.0 Å². The average molecular weight is 475 g/mol. The minimum absolute atomic E-state index is 0.159. The van der Waals surface area contributed by atoms with Gasteiger partial charge in [0.2, 0.25) is 5.91 Å². The number of aromatic amines is 1. The number of amides is 2. The summed E-state index contributed by atoms with van der Waals surface area (Å²) in [6, 6.07) is 8.39. The molecule has 1 saturated heterocycles. The molecule has 2 aliphatic rings. The van der Waals surface area contributed by atoms with Crippen LogP contribution in [-0.4, -0.2) is 72.4 Å². The fourth-order valence-corrected chi connectivity index (χ4v) is 5.03. The zero-order valence-corrected chi connectivity index (χ0v) is 20.9. The highest BCUT2D eigenvalue weighted by Crippen LogP contribution is 2.37. The van der Waals surface area contributed by atoms with Gasteiger partial charge in [-0.25, -0.2) is 4.98 Å². The first-order valence-corrected chi connectivity index (χ1v) is 12.4. The number of nitrogens with one attached hydrogen (secondary N) is 1. The quantitative estimate of drug-likeness (QED) is 0.687. The standard InChI is InChI=1S/C27H34N6O2/c1-31(2)18-25(34)33-13-11-19(12-14-33)21-9-10-24(23(15-21)20-7-5-4-6-8-20)32(3)27(35)26-29-17-22(16-28)30-26/h7,9-10,15,17,19H,4-6,8,11-14,18H2,1-3H3,(H,29,30). The molecule has 2 heterocycles. The second-order valence-electron chi connectivity index (χ2n) is 9.77. The number of imidazole rings is 1. The number of aromatic nitrogens is 2. The molecule has 2 amide bonds. The van der Waals surface area contributed by atoms with Crippen LogP contribution in [0.3, 0.4) is 0 Å². The first-order valence-electron chi connectivity index (χ1n) is 12.4. The second-order valence-corrected chi connectivity index (χ2v) is 9.77. The fourth-order valence-electron chi connectivity index (χ4n) is 5.03. The summed E-state index contributed by atoms with van der Waals surface area (Å²) in [5, 5.41) is 9.06. The summed E-state index contributed by atoms with van der Waals surface area (Å²) >= 11 is 0. The van der Waals surface area contributed by atoms with Crippen molar-refractivity contribution < 1.29 is 9.59 Å². The van der Waals surface area contributed by atoms with Crippen LogP contribution in [-0.2, 0) is 4.79 Å². The van der Waals surface area contributed by atoms with E-state index in [1.165, 1.54) is 23.8 Å². The van der Waals surface area contributed by atoms with Gasteiger partial charge in [-0.05, 0) is 81.8 Å². The van der Waals surface area contributed by atoms with E-state index in [4.69, 9.17) is 5.26 Å². The van der Waals surface area contributed by atoms with E-state index in [2.05, 4.69) is 28.2 Å². The molecule has 1 aromatic heterocycles. The SMILES string of the molecule is CN(C)CC(=O)N1CCC(c2ccc(N(C)C(=O)c3ncc(C#N)[nH]3)c(C3=CCCCC3)c2)CC1. The number of piperidine rings is 1. The highest BCUT2D eigenvalue weighted by molar-refractivity contribution is 6.05. The van der Waals surface area contributed by atoms with Gasteiger partial charge in [0.05, 0.1) is 18.4 Å². The third kappa shape index (κ3) is 5.63. The van der Waals surface area contributed by atoms with Gasteiger partial charge in [0, 0.05) is 25.7 Å². The lowest BCUT2D eigenvalue weighted by atomic mass is 9.85. The molecule has 0 radical (unpaired) electrons. The van der Waals surface area contributed by atoms with Gasteiger partial charge in [-0.1, -0.05) is 12.1 Å². The van der Waals surface area contributed by atoms with E-state index >= 15 is 0 Å². The first-order chi connectivity index (χ1) is 16.9. The van der Waals surface area contributed by atoms with Crippen molar-refractivity contribution in [3.05, 3.63) is 53.1 Å². The molecule has 2 aromatic rings. The van der Waals surface area contributed by atoms with Crippen molar-refractivity contribution in [2.75, 3.05) is 45.7 Å². The Morgan fingerprint density at radius 2 is 1.97 bits per heavy atom. The molecular formula is C27H34N6O2. The van der Waals surface area contributed by atoms with Gasteiger partial charge < -0.3 is 19.7 Å². The molecule has 8 heteroatoms. The average Bonchev–Trinajstić information content (AvgIpc) is 3.37. The van der Waals surface area contributed by atoms with Crippen molar-refractivity contribution in [2.45, 2.75) is 44.4 Å². The molecule has 35 heavy (non-hydrogen) atoms. The number of likely N-dealkylation sites (N-methyl/N-ethyl adjacent to an activating group) is 1. The number of nitriles is 1. The van der Waals surface area contributed by atoms with Crippen LogP contribution in [0.5, 0.6) is 0 Å². The summed E-state index contributed by atoms with van der Waals surface area (Å²) in [4.78, 5) is 38.0. The van der Waals surface area contributed by atoms with Crippen molar-refractivity contribution in [1.29, 1.82) is 5.26 Å².